The molecule has 0 bridgehead atoms. The number of hydrogen-bond donors (Lipinski definition) is 2. The summed E-state index contributed by atoms with van der Waals surface area (Å²) < 4.78 is 20.0. The van der Waals surface area contributed by atoms with E-state index in [1.807, 2.05) is 25.1 Å². The molecular weight excluding hydrogens is 367 g/mol. The maximum absolute atomic E-state index is 14.4. The van der Waals surface area contributed by atoms with E-state index in [9.17, 15) is 9.18 Å². The third-order valence-electron chi connectivity index (χ3n) is 4.78. The molecule has 3 atom stereocenters. The summed E-state index contributed by atoms with van der Waals surface area (Å²) in [5, 5.41) is 6.35. The van der Waals surface area contributed by atoms with Crippen LogP contribution in [0.5, 0.6) is 11.5 Å². The van der Waals surface area contributed by atoms with E-state index in [0.29, 0.717) is 11.8 Å². The first-order chi connectivity index (χ1) is 12.5. The Bertz CT molecular complexity index is 757. The molecule has 2 N–H and O–H groups in total. The lowest BCUT2D eigenvalue weighted by molar-refractivity contribution is -0.126. The van der Waals surface area contributed by atoms with E-state index >= 15 is 0 Å². The van der Waals surface area contributed by atoms with Crippen LogP contribution in [0.1, 0.15) is 38.3 Å². The van der Waals surface area contributed by atoms with Gasteiger partial charge in [0.15, 0.2) is 11.6 Å². The number of piperidine rings is 1. The molecule has 0 saturated carbocycles. The second-order valence-corrected chi connectivity index (χ2v) is 6.91. The molecule has 1 saturated heterocycles. The van der Waals surface area contributed by atoms with Gasteiger partial charge in [0.05, 0.1) is 6.04 Å². The number of ether oxygens (including phenoxy) is 1. The van der Waals surface area contributed by atoms with Gasteiger partial charge in [-0.25, -0.2) is 4.39 Å². The molecule has 1 unspecified atom stereocenters. The molecule has 1 aliphatic heterocycles. The SMILES string of the molecule is CC(NC(=O)[C@H]1CCN[C@@H](C)C1)c1ccc(Oc2ccccc2)c(F)c1.Cl. The molecule has 3 rings (SSSR count). The van der Waals surface area contributed by atoms with Crippen LogP contribution in [0.4, 0.5) is 4.39 Å². The average Bonchev–Trinajstić information content (AvgIpc) is 2.64. The van der Waals surface area contributed by atoms with Gasteiger partial charge in [0.25, 0.3) is 0 Å². The van der Waals surface area contributed by atoms with E-state index in [1.54, 1.807) is 24.3 Å². The van der Waals surface area contributed by atoms with E-state index in [0.717, 1.165) is 24.9 Å². The summed E-state index contributed by atoms with van der Waals surface area (Å²) in [5.41, 5.74) is 0.721. The van der Waals surface area contributed by atoms with Gasteiger partial charge in [0, 0.05) is 12.0 Å². The summed E-state index contributed by atoms with van der Waals surface area (Å²) >= 11 is 0. The van der Waals surface area contributed by atoms with Gasteiger partial charge in [-0.15, -0.1) is 12.4 Å². The predicted molar refractivity (Wildman–Crippen MR) is 107 cm³/mol. The molecule has 0 spiro atoms. The Labute approximate surface area is 165 Å². The number of amides is 1. The van der Waals surface area contributed by atoms with Gasteiger partial charge in [-0.3, -0.25) is 4.79 Å². The van der Waals surface area contributed by atoms with Crippen LogP contribution in [0.25, 0.3) is 0 Å². The largest absolute Gasteiger partial charge is 0.454 e. The summed E-state index contributed by atoms with van der Waals surface area (Å²) in [5.74, 6) is 0.365. The molecule has 1 aliphatic rings. The van der Waals surface area contributed by atoms with E-state index in [1.165, 1.54) is 6.07 Å². The molecule has 146 valence electrons. The fourth-order valence-corrected chi connectivity index (χ4v) is 3.27. The quantitative estimate of drug-likeness (QED) is 0.781. The highest BCUT2D eigenvalue weighted by molar-refractivity contribution is 5.85. The number of para-hydroxylation sites is 1. The Morgan fingerprint density at radius 2 is 2.00 bits per heavy atom. The molecular formula is C21H26ClFN2O2. The topological polar surface area (TPSA) is 50.4 Å². The zero-order valence-corrected chi connectivity index (χ0v) is 16.4. The Balaban J connectivity index is 0.00000261. The summed E-state index contributed by atoms with van der Waals surface area (Å²) in [6.07, 6.45) is 1.66. The zero-order chi connectivity index (χ0) is 18.5. The minimum atomic E-state index is -0.442. The molecule has 6 heteroatoms. The van der Waals surface area contributed by atoms with Crippen molar-refractivity contribution < 1.29 is 13.9 Å². The third kappa shape index (κ3) is 5.68. The van der Waals surface area contributed by atoms with Crippen molar-refractivity contribution in [3.8, 4) is 11.5 Å². The summed E-state index contributed by atoms with van der Waals surface area (Å²) in [4.78, 5) is 12.5. The molecule has 1 amide bonds. The number of nitrogens with one attached hydrogen (secondary N) is 2. The lowest BCUT2D eigenvalue weighted by Crippen LogP contribution is -2.42. The van der Waals surface area contributed by atoms with Crippen LogP contribution in [0, 0.1) is 11.7 Å². The van der Waals surface area contributed by atoms with Crippen LogP contribution in [0.15, 0.2) is 48.5 Å². The number of rotatable bonds is 5. The Morgan fingerprint density at radius 3 is 2.67 bits per heavy atom. The minimum Gasteiger partial charge on any atom is -0.454 e. The summed E-state index contributed by atoms with van der Waals surface area (Å²) in [7, 11) is 0. The van der Waals surface area contributed by atoms with Crippen molar-refractivity contribution in [3.05, 3.63) is 59.9 Å². The van der Waals surface area contributed by atoms with Crippen LogP contribution in [0.3, 0.4) is 0 Å². The molecule has 0 aromatic heterocycles. The predicted octanol–water partition coefficient (Wildman–Crippen LogP) is 4.61. The molecule has 2 aromatic carbocycles. The van der Waals surface area contributed by atoms with Crippen molar-refractivity contribution in [1.82, 2.24) is 10.6 Å². The Morgan fingerprint density at radius 1 is 1.26 bits per heavy atom. The smallest absolute Gasteiger partial charge is 0.223 e. The second kappa shape index (κ2) is 9.72. The van der Waals surface area contributed by atoms with E-state index < -0.39 is 5.82 Å². The van der Waals surface area contributed by atoms with Gasteiger partial charge in [-0.2, -0.15) is 0 Å². The van der Waals surface area contributed by atoms with Gasteiger partial charge in [0.2, 0.25) is 5.91 Å². The fraction of sp³-hybridized carbons (Fsp3) is 0.381. The standard InChI is InChI=1S/C21H25FN2O2.ClH/c1-14-12-17(10-11-23-14)21(25)24-15(2)16-8-9-20(19(22)13-16)26-18-6-4-3-5-7-18;/h3-9,13-15,17,23H,10-12H2,1-2H3,(H,24,25);1H/t14-,15?,17-;/m0./s1. The van der Waals surface area contributed by atoms with Gasteiger partial charge in [-0.05, 0) is 63.1 Å². The Hall–Kier alpha value is -2.11. The lowest BCUT2D eigenvalue weighted by Gasteiger charge is -2.28. The molecule has 1 fully saturated rings. The summed E-state index contributed by atoms with van der Waals surface area (Å²) in [6, 6.07) is 14.0. The molecule has 0 aliphatic carbocycles. The van der Waals surface area contributed by atoms with Crippen LogP contribution in [-0.4, -0.2) is 18.5 Å². The average molecular weight is 393 g/mol. The maximum atomic E-state index is 14.4. The van der Waals surface area contributed by atoms with Crippen molar-refractivity contribution in [2.24, 2.45) is 5.92 Å². The number of hydrogen-bond acceptors (Lipinski definition) is 3. The first kappa shape index (κ1) is 21.2. The van der Waals surface area contributed by atoms with Crippen molar-refractivity contribution >= 4 is 18.3 Å². The van der Waals surface area contributed by atoms with Gasteiger partial charge >= 0.3 is 0 Å². The maximum Gasteiger partial charge on any atom is 0.223 e. The first-order valence-electron chi connectivity index (χ1n) is 9.09. The van der Waals surface area contributed by atoms with Crippen molar-refractivity contribution in [1.29, 1.82) is 0 Å². The lowest BCUT2D eigenvalue weighted by atomic mass is 9.92. The molecule has 0 radical (unpaired) electrons. The number of carbonyl (C=O) groups excluding carboxylic acids is 1. The highest BCUT2D eigenvalue weighted by Crippen LogP contribution is 2.27. The highest BCUT2D eigenvalue weighted by Gasteiger charge is 2.25. The normalized spacial score (nSPS) is 20.3. The monoisotopic (exact) mass is 392 g/mol. The molecule has 2 aromatic rings. The number of benzene rings is 2. The van der Waals surface area contributed by atoms with E-state index in [4.69, 9.17) is 4.74 Å². The van der Waals surface area contributed by atoms with Crippen LogP contribution in [0.2, 0.25) is 0 Å². The highest BCUT2D eigenvalue weighted by atomic mass is 35.5. The van der Waals surface area contributed by atoms with Gasteiger partial charge < -0.3 is 15.4 Å². The molecule has 27 heavy (non-hydrogen) atoms. The minimum absolute atomic E-state index is 0. The van der Waals surface area contributed by atoms with Crippen molar-refractivity contribution in [2.45, 2.75) is 38.8 Å². The Kier molecular flexibility index (Phi) is 7.63. The zero-order valence-electron chi connectivity index (χ0n) is 15.6. The van der Waals surface area contributed by atoms with Gasteiger partial charge in [-0.1, -0.05) is 24.3 Å². The number of halogens is 2. The molecule has 4 nitrogen and oxygen atoms in total. The first-order valence-corrected chi connectivity index (χ1v) is 9.09. The second-order valence-electron chi connectivity index (χ2n) is 6.91. The fourth-order valence-electron chi connectivity index (χ4n) is 3.27. The van der Waals surface area contributed by atoms with Crippen LogP contribution < -0.4 is 15.4 Å². The summed E-state index contributed by atoms with van der Waals surface area (Å²) in [6.45, 7) is 4.81. The van der Waals surface area contributed by atoms with Crippen LogP contribution >= 0.6 is 12.4 Å². The van der Waals surface area contributed by atoms with E-state index in [2.05, 4.69) is 17.6 Å². The van der Waals surface area contributed by atoms with Crippen LogP contribution in [-0.2, 0) is 4.79 Å². The van der Waals surface area contributed by atoms with E-state index in [-0.39, 0.29) is 36.0 Å². The number of carbonyl (C=O) groups is 1. The van der Waals surface area contributed by atoms with Crippen molar-refractivity contribution in [2.75, 3.05) is 6.54 Å². The van der Waals surface area contributed by atoms with Crippen molar-refractivity contribution in [3.63, 3.8) is 0 Å². The third-order valence-corrected chi connectivity index (χ3v) is 4.78. The molecule has 1 heterocycles. The van der Waals surface area contributed by atoms with Gasteiger partial charge in [0.1, 0.15) is 5.75 Å².